The van der Waals surface area contributed by atoms with Crippen molar-refractivity contribution in [2.45, 2.75) is 63.5 Å². The molecule has 37 heavy (non-hydrogen) atoms. The number of amides is 1. The Morgan fingerprint density at radius 1 is 1.19 bits per heavy atom. The van der Waals surface area contributed by atoms with Gasteiger partial charge in [-0.3, -0.25) is 9.48 Å². The van der Waals surface area contributed by atoms with E-state index in [1.807, 2.05) is 44.4 Å². The number of methoxy groups -OCH3 is 1. The van der Waals surface area contributed by atoms with Crippen LogP contribution in [0.2, 0.25) is 0 Å². The number of carbonyl (C=O) groups is 1. The van der Waals surface area contributed by atoms with Gasteiger partial charge in [-0.05, 0) is 58.1 Å². The number of nitrogen functional groups attached to an aromatic ring is 1. The Morgan fingerprint density at radius 2 is 2.03 bits per heavy atom. The van der Waals surface area contributed by atoms with Crippen LogP contribution in [0.5, 0.6) is 5.75 Å². The topological polar surface area (TPSA) is 128 Å². The van der Waals surface area contributed by atoms with E-state index in [-0.39, 0.29) is 17.8 Å². The Bertz CT molecular complexity index is 1470. The first-order valence-electron chi connectivity index (χ1n) is 12.9. The maximum Gasteiger partial charge on any atom is 0.247 e. The molecule has 1 amide bonds. The van der Waals surface area contributed by atoms with E-state index in [2.05, 4.69) is 20.3 Å². The Labute approximate surface area is 215 Å². The lowest BCUT2D eigenvalue weighted by Gasteiger charge is -2.33. The van der Waals surface area contributed by atoms with Crippen LogP contribution in [0.1, 0.15) is 57.7 Å². The maximum absolute atomic E-state index is 12.9. The van der Waals surface area contributed by atoms with Gasteiger partial charge in [0.15, 0.2) is 11.5 Å². The molecule has 0 spiro atoms. The molecule has 0 radical (unpaired) electrons. The molecule has 1 aliphatic heterocycles. The molecule has 194 valence electrons. The van der Waals surface area contributed by atoms with Crippen LogP contribution in [-0.4, -0.2) is 61.5 Å². The van der Waals surface area contributed by atoms with Crippen LogP contribution >= 0.6 is 0 Å². The number of para-hydroxylation sites is 1. The number of nitrogens with zero attached hydrogens (tertiary/aromatic N) is 7. The van der Waals surface area contributed by atoms with Crippen molar-refractivity contribution in [3.8, 4) is 5.75 Å². The average Bonchev–Trinajstić information content (AvgIpc) is 3.55. The third-order valence-corrected chi connectivity index (χ3v) is 7.82. The molecule has 1 saturated carbocycles. The second-order valence-electron chi connectivity index (χ2n) is 10.6. The van der Waals surface area contributed by atoms with Crippen LogP contribution in [0.4, 0.5) is 11.6 Å². The average molecular weight is 504 g/mol. The zero-order valence-electron chi connectivity index (χ0n) is 21.5. The Morgan fingerprint density at radius 3 is 2.78 bits per heavy atom. The summed E-state index contributed by atoms with van der Waals surface area (Å²) in [6.45, 7) is 5.49. The molecule has 11 nitrogen and oxygen atoms in total. The first-order chi connectivity index (χ1) is 17.8. The first kappa shape index (κ1) is 23.5. The molecule has 4 aromatic rings. The zero-order valence-corrected chi connectivity index (χ0v) is 21.5. The fourth-order valence-corrected chi connectivity index (χ4v) is 5.20. The van der Waals surface area contributed by atoms with Crippen molar-refractivity contribution in [1.82, 2.24) is 34.7 Å². The van der Waals surface area contributed by atoms with Gasteiger partial charge in [-0.15, -0.1) is 5.10 Å². The molecule has 11 heteroatoms. The molecule has 6 rings (SSSR count). The Hall–Kier alpha value is -3.89. The van der Waals surface area contributed by atoms with Crippen molar-refractivity contribution < 1.29 is 9.53 Å². The van der Waals surface area contributed by atoms with Gasteiger partial charge < -0.3 is 20.7 Å². The van der Waals surface area contributed by atoms with Crippen molar-refractivity contribution in [3.63, 3.8) is 0 Å². The Kier molecular flexibility index (Phi) is 5.65. The largest absolute Gasteiger partial charge is 0.494 e. The van der Waals surface area contributed by atoms with Gasteiger partial charge in [-0.25, -0.2) is 9.97 Å². The highest BCUT2D eigenvalue weighted by atomic mass is 16.5. The standard InChI is InChI=1S/C26H33N9O2/c1-26(2,24(36)29-17-8-4-9-17)34-15-18(13-28-34)33-12-6-7-16(14-33)22-31-23-19-10-5-11-20(37-3)21(19)30-25(27)35(23)32-22/h5,10-11,13,15-17H,4,6-9,12,14H2,1-3H3,(H2,27,30)(H,29,36)/t16-/m1/s1. The number of rotatable bonds is 6. The fourth-order valence-electron chi connectivity index (χ4n) is 5.20. The third kappa shape index (κ3) is 4.02. The van der Waals surface area contributed by atoms with E-state index in [9.17, 15) is 4.79 Å². The predicted molar refractivity (Wildman–Crippen MR) is 141 cm³/mol. The van der Waals surface area contributed by atoms with Crippen molar-refractivity contribution in [1.29, 1.82) is 0 Å². The van der Waals surface area contributed by atoms with Crippen molar-refractivity contribution in [2.24, 2.45) is 0 Å². The van der Waals surface area contributed by atoms with E-state index in [1.165, 1.54) is 6.42 Å². The maximum atomic E-state index is 12.9. The summed E-state index contributed by atoms with van der Waals surface area (Å²) >= 11 is 0. The summed E-state index contributed by atoms with van der Waals surface area (Å²) in [4.78, 5) is 24.6. The van der Waals surface area contributed by atoms with Crippen LogP contribution in [0.15, 0.2) is 30.6 Å². The van der Waals surface area contributed by atoms with Gasteiger partial charge in [-0.2, -0.15) is 9.61 Å². The number of nitrogens with two attached hydrogens (primary N) is 1. The summed E-state index contributed by atoms with van der Waals surface area (Å²) in [6.07, 6.45) is 9.10. The summed E-state index contributed by atoms with van der Waals surface area (Å²) in [5, 5.41) is 13.3. The number of nitrogens with one attached hydrogen (secondary N) is 1. The predicted octanol–water partition coefficient (Wildman–Crippen LogP) is 2.85. The monoisotopic (exact) mass is 503 g/mol. The number of ether oxygens (including phenoxy) is 1. The SMILES string of the molecule is COc1cccc2c1nc(N)n1nc([C@@H]3CCCN(c4cnn(C(C)(C)C(=O)NC5CCC5)c4)C3)nc21. The lowest BCUT2D eigenvalue weighted by molar-refractivity contribution is -0.130. The van der Waals surface area contributed by atoms with E-state index >= 15 is 0 Å². The molecule has 3 N–H and O–H groups in total. The number of hydrogen-bond acceptors (Lipinski definition) is 8. The minimum absolute atomic E-state index is 0.00678. The minimum Gasteiger partial charge on any atom is -0.494 e. The smallest absolute Gasteiger partial charge is 0.247 e. The van der Waals surface area contributed by atoms with Crippen molar-refractivity contribution in [2.75, 3.05) is 30.8 Å². The van der Waals surface area contributed by atoms with Crippen LogP contribution in [0, 0.1) is 0 Å². The fraction of sp³-hybridized carbons (Fsp3) is 0.500. The van der Waals surface area contributed by atoms with E-state index in [0.29, 0.717) is 23.0 Å². The highest BCUT2D eigenvalue weighted by Crippen LogP contribution is 2.32. The lowest BCUT2D eigenvalue weighted by Crippen LogP contribution is -2.50. The molecule has 4 heterocycles. The van der Waals surface area contributed by atoms with Crippen LogP contribution in [0.3, 0.4) is 0 Å². The van der Waals surface area contributed by atoms with Gasteiger partial charge >= 0.3 is 0 Å². The number of carbonyl (C=O) groups excluding carboxylic acids is 1. The number of benzene rings is 1. The van der Waals surface area contributed by atoms with E-state index in [4.69, 9.17) is 20.6 Å². The van der Waals surface area contributed by atoms with Gasteiger partial charge in [0.25, 0.3) is 0 Å². The first-order valence-corrected chi connectivity index (χ1v) is 12.9. The zero-order chi connectivity index (χ0) is 25.7. The normalized spacial score (nSPS) is 18.8. The molecule has 1 saturated heterocycles. The summed E-state index contributed by atoms with van der Waals surface area (Å²) in [7, 11) is 1.62. The lowest BCUT2D eigenvalue weighted by atomic mass is 9.92. The van der Waals surface area contributed by atoms with Gasteiger partial charge in [0.05, 0.1) is 19.0 Å². The van der Waals surface area contributed by atoms with Crippen molar-refractivity contribution in [3.05, 3.63) is 36.4 Å². The molecular formula is C26H33N9O2. The summed E-state index contributed by atoms with van der Waals surface area (Å²) < 4.78 is 8.87. The second-order valence-corrected chi connectivity index (χ2v) is 10.6. The molecule has 3 aromatic heterocycles. The van der Waals surface area contributed by atoms with Crippen LogP contribution in [-0.2, 0) is 10.3 Å². The van der Waals surface area contributed by atoms with Gasteiger partial charge in [0, 0.05) is 36.6 Å². The van der Waals surface area contributed by atoms with E-state index in [1.54, 1.807) is 16.3 Å². The third-order valence-electron chi connectivity index (χ3n) is 7.82. The highest BCUT2D eigenvalue weighted by molar-refractivity contribution is 5.95. The van der Waals surface area contributed by atoms with Gasteiger partial charge in [-0.1, -0.05) is 6.07 Å². The highest BCUT2D eigenvalue weighted by Gasteiger charge is 2.34. The summed E-state index contributed by atoms with van der Waals surface area (Å²) in [5.74, 6) is 1.82. The number of fused-ring (bicyclic) bond motifs is 3. The van der Waals surface area contributed by atoms with Crippen LogP contribution < -0.4 is 20.7 Å². The number of piperidine rings is 1. The van der Waals surface area contributed by atoms with E-state index in [0.717, 1.165) is 55.7 Å². The van der Waals surface area contributed by atoms with E-state index < -0.39 is 5.54 Å². The number of aromatic nitrogens is 6. The molecule has 2 aliphatic rings. The van der Waals surface area contributed by atoms with Crippen LogP contribution in [0.25, 0.3) is 16.6 Å². The molecule has 1 aromatic carbocycles. The molecule has 1 aliphatic carbocycles. The van der Waals surface area contributed by atoms with Gasteiger partial charge in [0.1, 0.15) is 16.8 Å². The molecule has 2 fully saturated rings. The number of hydrogen-bond donors (Lipinski definition) is 2. The summed E-state index contributed by atoms with van der Waals surface area (Å²) in [6, 6.07) is 6.04. The molecule has 0 bridgehead atoms. The Balaban J connectivity index is 1.25. The van der Waals surface area contributed by atoms with Crippen molar-refractivity contribution >= 4 is 34.1 Å². The second kappa shape index (κ2) is 8.89. The molecular weight excluding hydrogens is 470 g/mol. The van der Waals surface area contributed by atoms with Gasteiger partial charge in [0.2, 0.25) is 11.9 Å². The summed E-state index contributed by atoms with van der Waals surface area (Å²) in [5.41, 5.74) is 7.84. The minimum atomic E-state index is -0.765. The molecule has 1 atom stereocenters. The quantitative estimate of drug-likeness (QED) is 0.411. The molecule has 0 unspecified atom stereocenters. The number of anilines is 2.